The molecule has 0 saturated carbocycles. The van der Waals surface area contributed by atoms with Crippen LogP contribution < -0.4 is 9.80 Å². The van der Waals surface area contributed by atoms with Crippen molar-refractivity contribution in [3.63, 3.8) is 0 Å². The highest BCUT2D eigenvalue weighted by molar-refractivity contribution is 6.30. The molecule has 4 aromatic rings. The zero-order valence-electron chi connectivity index (χ0n) is 22.8. The van der Waals surface area contributed by atoms with E-state index >= 15 is 0 Å². The van der Waals surface area contributed by atoms with Crippen LogP contribution in [-0.2, 0) is 17.7 Å². The second kappa shape index (κ2) is 9.86. The Morgan fingerprint density at radius 2 is 1.87 bits per heavy atom. The normalized spacial score (nSPS) is 19.7. The maximum absolute atomic E-state index is 6.41. The van der Waals surface area contributed by atoms with Gasteiger partial charge in [-0.05, 0) is 69.9 Å². The summed E-state index contributed by atoms with van der Waals surface area (Å²) in [5.41, 5.74) is 8.98. The first-order valence-corrected chi connectivity index (χ1v) is 13.9. The number of hydrogen-bond acceptors (Lipinski definition) is 6. The number of aromatic amines is 1. The van der Waals surface area contributed by atoms with E-state index in [9.17, 15) is 0 Å². The third-order valence-electron chi connectivity index (χ3n) is 8.32. The topological polar surface area (TPSA) is 70.2 Å². The van der Waals surface area contributed by atoms with Crippen molar-refractivity contribution in [3.05, 3.63) is 63.4 Å². The van der Waals surface area contributed by atoms with E-state index in [-0.39, 0.29) is 6.10 Å². The largest absolute Gasteiger partial charge is 0.381 e. The monoisotopic (exact) mass is 530 g/mol. The average Bonchev–Trinajstić information content (AvgIpc) is 3.29. The fourth-order valence-corrected chi connectivity index (χ4v) is 6.36. The number of fused-ring (bicyclic) bond motifs is 2. The minimum atomic E-state index is 0.286. The minimum Gasteiger partial charge on any atom is -0.381 e. The number of benzene rings is 2. The zero-order chi connectivity index (χ0) is 26.6. The maximum atomic E-state index is 6.41. The van der Waals surface area contributed by atoms with Crippen LogP contribution in [0.15, 0.2) is 30.3 Å². The molecule has 1 N–H and O–H groups in total. The molecule has 2 atom stereocenters. The lowest BCUT2D eigenvalue weighted by Crippen LogP contribution is -2.45. The van der Waals surface area contributed by atoms with Crippen LogP contribution >= 0.6 is 11.6 Å². The molecular formula is C30H35ClN6O. The van der Waals surface area contributed by atoms with Gasteiger partial charge in [0.1, 0.15) is 5.82 Å². The van der Waals surface area contributed by atoms with Crippen LogP contribution in [0.25, 0.3) is 22.3 Å². The highest BCUT2D eigenvalue weighted by atomic mass is 35.5. The number of aryl methyl sites for hydroxylation is 3. The Morgan fingerprint density at radius 1 is 1.05 bits per heavy atom. The van der Waals surface area contributed by atoms with Crippen LogP contribution in [0.2, 0.25) is 5.02 Å². The van der Waals surface area contributed by atoms with Gasteiger partial charge in [0.15, 0.2) is 5.82 Å². The number of hydrogen-bond donors (Lipinski definition) is 1. The number of nitrogens with zero attached hydrogens (tertiary/aromatic N) is 5. The molecule has 7 nitrogen and oxygen atoms in total. The van der Waals surface area contributed by atoms with Gasteiger partial charge in [-0.1, -0.05) is 23.7 Å². The van der Waals surface area contributed by atoms with Crippen molar-refractivity contribution in [1.29, 1.82) is 0 Å². The molecular weight excluding hydrogens is 496 g/mol. The third kappa shape index (κ3) is 4.31. The Morgan fingerprint density at radius 3 is 2.66 bits per heavy atom. The third-order valence-corrected chi connectivity index (χ3v) is 8.55. The molecule has 6 rings (SSSR count). The van der Waals surface area contributed by atoms with Gasteiger partial charge in [-0.2, -0.15) is 5.10 Å². The fraction of sp³-hybridized carbons (Fsp3) is 0.433. The van der Waals surface area contributed by atoms with Crippen LogP contribution in [0.5, 0.6) is 0 Å². The van der Waals surface area contributed by atoms with Gasteiger partial charge in [0, 0.05) is 72.1 Å². The van der Waals surface area contributed by atoms with E-state index in [1.165, 1.54) is 16.8 Å². The van der Waals surface area contributed by atoms with Gasteiger partial charge < -0.3 is 14.5 Å². The lowest BCUT2D eigenvalue weighted by Gasteiger charge is -2.41. The first kappa shape index (κ1) is 25.1. The Hall–Kier alpha value is -3.16. The van der Waals surface area contributed by atoms with Gasteiger partial charge in [0.25, 0.3) is 0 Å². The second-order valence-corrected chi connectivity index (χ2v) is 11.3. The molecule has 2 aliphatic rings. The van der Waals surface area contributed by atoms with Crippen molar-refractivity contribution >= 4 is 34.0 Å². The van der Waals surface area contributed by atoms with Crippen molar-refractivity contribution < 1.29 is 4.74 Å². The van der Waals surface area contributed by atoms with Crippen LogP contribution in [0.1, 0.15) is 47.8 Å². The summed E-state index contributed by atoms with van der Waals surface area (Å²) in [6.45, 7) is 11.2. The van der Waals surface area contributed by atoms with Crippen molar-refractivity contribution in [3.8, 4) is 11.4 Å². The lowest BCUT2D eigenvalue weighted by atomic mass is 9.97. The summed E-state index contributed by atoms with van der Waals surface area (Å²) in [4.78, 5) is 15.5. The van der Waals surface area contributed by atoms with E-state index in [1.807, 2.05) is 13.2 Å². The van der Waals surface area contributed by atoms with Gasteiger partial charge in [-0.3, -0.25) is 5.10 Å². The molecule has 8 heteroatoms. The summed E-state index contributed by atoms with van der Waals surface area (Å²) in [6, 6.07) is 10.6. The lowest BCUT2D eigenvalue weighted by molar-refractivity contribution is 0.0719. The summed E-state index contributed by atoms with van der Waals surface area (Å²) in [6.07, 6.45) is 3.11. The summed E-state index contributed by atoms with van der Waals surface area (Å²) in [5, 5.41) is 9.54. The summed E-state index contributed by atoms with van der Waals surface area (Å²) >= 11 is 6.41. The van der Waals surface area contributed by atoms with Crippen molar-refractivity contribution in [2.45, 2.75) is 65.6 Å². The first-order valence-electron chi connectivity index (χ1n) is 13.5. The van der Waals surface area contributed by atoms with E-state index in [1.54, 1.807) is 0 Å². The molecule has 0 amide bonds. The molecule has 0 bridgehead atoms. The smallest absolute Gasteiger partial charge is 0.162 e. The summed E-state index contributed by atoms with van der Waals surface area (Å²) < 4.78 is 5.73. The zero-order valence-corrected chi connectivity index (χ0v) is 23.6. The molecule has 0 spiro atoms. The standard InChI is InChI=1S/C30H35ClN6O/c1-17-6-8-21(31)15-26(17)36-12-11-24-23(16-36)30(37-13-10-22(38-5)14-19(37)3)33-29(32-24)27-18(2)7-9-25-28(27)20(4)34-35-25/h6-9,15,19,22H,10-14,16H2,1-5H3,(H,34,35)/t19-,22-/m1/s1. The Bertz CT molecular complexity index is 1510. The van der Waals surface area contributed by atoms with Crippen LogP contribution in [0.4, 0.5) is 11.5 Å². The molecule has 2 aromatic heterocycles. The van der Waals surface area contributed by atoms with Crippen LogP contribution in [0.3, 0.4) is 0 Å². The van der Waals surface area contributed by atoms with E-state index in [0.717, 1.165) is 89.0 Å². The molecule has 1 fully saturated rings. The van der Waals surface area contributed by atoms with Gasteiger partial charge >= 0.3 is 0 Å². The van der Waals surface area contributed by atoms with E-state index < -0.39 is 0 Å². The molecule has 1 saturated heterocycles. The van der Waals surface area contributed by atoms with Crippen molar-refractivity contribution in [2.75, 3.05) is 30.0 Å². The minimum absolute atomic E-state index is 0.286. The molecule has 0 unspecified atom stereocenters. The van der Waals surface area contributed by atoms with Gasteiger partial charge in [0.2, 0.25) is 0 Å². The van der Waals surface area contributed by atoms with Crippen LogP contribution in [-0.4, -0.2) is 52.5 Å². The SMILES string of the molecule is CO[C@@H]1CCN(c2nc(-c3c(C)ccc4n[nH]c(C)c34)nc3c2CN(c2cc(Cl)ccc2C)CC3)[C@H](C)C1. The number of anilines is 2. The Kier molecular flexibility index (Phi) is 6.52. The number of halogens is 1. The molecule has 0 aliphatic carbocycles. The molecule has 4 heterocycles. The van der Waals surface area contributed by atoms with Crippen LogP contribution in [0, 0.1) is 20.8 Å². The summed E-state index contributed by atoms with van der Waals surface area (Å²) in [5.74, 6) is 1.84. The van der Waals surface area contributed by atoms with Gasteiger partial charge in [-0.15, -0.1) is 0 Å². The highest BCUT2D eigenvalue weighted by Gasteiger charge is 2.32. The molecule has 198 valence electrons. The fourth-order valence-electron chi connectivity index (χ4n) is 6.19. The average molecular weight is 531 g/mol. The van der Waals surface area contributed by atoms with E-state index in [2.05, 4.69) is 72.0 Å². The van der Waals surface area contributed by atoms with Crippen molar-refractivity contribution in [1.82, 2.24) is 20.2 Å². The highest BCUT2D eigenvalue weighted by Crippen LogP contribution is 2.38. The quantitative estimate of drug-likeness (QED) is 0.340. The molecule has 38 heavy (non-hydrogen) atoms. The number of aromatic nitrogens is 4. The van der Waals surface area contributed by atoms with E-state index in [4.69, 9.17) is 26.3 Å². The Labute approximate surface area is 229 Å². The second-order valence-electron chi connectivity index (χ2n) is 10.8. The number of H-pyrrole nitrogens is 1. The predicted octanol–water partition coefficient (Wildman–Crippen LogP) is 6.16. The van der Waals surface area contributed by atoms with Gasteiger partial charge in [-0.25, -0.2) is 9.97 Å². The van der Waals surface area contributed by atoms with Gasteiger partial charge in [0.05, 0.1) is 17.3 Å². The molecule has 2 aliphatic heterocycles. The maximum Gasteiger partial charge on any atom is 0.162 e. The summed E-state index contributed by atoms with van der Waals surface area (Å²) in [7, 11) is 1.82. The first-order chi connectivity index (χ1) is 18.3. The Balaban J connectivity index is 1.50. The number of methoxy groups -OCH3 is 1. The molecule has 0 radical (unpaired) electrons. The van der Waals surface area contributed by atoms with Crippen molar-refractivity contribution in [2.24, 2.45) is 0 Å². The van der Waals surface area contributed by atoms with E-state index in [0.29, 0.717) is 6.04 Å². The number of piperidine rings is 1. The number of rotatable bonds is 4. The molecule has 2 aromatic carbocycles. The predicted molar refractivity (Wildman–Crippen MR) is 154 cm³/mol. The number of nitrogens with one attached hydrogen (secondary N) is 1. The number of ether oxygens (including phenoxy) is 1.